The number of aromatic nitrogens is 1. The predicted molar refractivity (Wildman–Crippen MR) is 136 cm³/mol. The monoisotopic (exact) mass is 534 g/mol. The van der Waals surface area contributed by atoms with Crippen LogP contribution in [-0.4, -0.2) is 28.4 Å². The van der Waals surface area contributed by atoms with Gasteiger partial charge in [0, 0.05) is 10.0 Å². The van der Waals surface area contributed by atoms with Crippen molar-refractivity contribution in [3.8, 4) is 5.75 Å². The highest BCUT2D eigenvalue weighted by Gasteiger charge is 2.48. The van der Waals surface area contributed by atoms with Gasteiger partial charge in [0.2, 0.25) is 0 Å². The van der Waals surface area contributed by atoms with E-state index < -0.39 is 17.7 Å². The van der Waals surface area contributed by atoms with Crippen LogP contribution in [0.3, 0.4) is 0 Å². The van der Waals surface area contributed by atoms with Crippen LogP contribution in [0.5, 0.6) is 5.75 Å². The highest BCUT2D eigenvalue weighted by molar-refractivity contribution is 9.10. The fraction of sp³-hybridized carbons (Fsp3) is 0.115. The topological polar surface area (TPSA) is 79.7 Å². The number of anilines is 1. The average Bonchev–Trinajstić information content (AvgIpc) is 3.37. The molecule has 0 spiro atoms. The normalized spacial score (nSPS) is 17.5. The van der Waals surface area contributed by atoms with Crippen molar-refractivity contribution < 1.29 is 19.4 Å². The number of thiazole rings is 1. The molecule has 34 heavy (non-hydrogen) atoms. The summed E-state index contributed by atoms with van der Waals surface area (Å²) in [6.07, 6.45) is 0. The molecule has 0 aliphatic carbocycles. The molecule has 6 nitrogen and oxygen atoms in total. The molecule has 1 fully saturated rings. The fourth-order valence-corrected chi connectivity index (χ4v) is 5.46. The molecular formula is C26H19BrN2O4S. The summed E-state index contributed by atoms with van der Waals surface area (Å²) >= 11 is 4.77. The van der Waals surface area contributed by atoms with Crippen LogP contribution < -0.4 is 9.64 Å². The molecule has 3 aromatic carbocycles. The zero-order valence-electron chi connectivity index (χ0n) is 18.1. The van der Waals surface area contributed by atoms with E-state index in [9.17, 15) is 14.7 Å². The van der Waals surface area contributed by atoms with E-state index in [0.29, 0.717) is 34.1 Å². The maximum Gasteiger partial charge on any atom is 0.301 e. The van der Waals surface area contributed by atoms with E-state index >= 15 is 0 Å². The van der Waals surface area contributed by atoms with E-state index in [1.54, 1.807) is 24.3 Å². The molecule has 1 aromatic heterocycles. The van der Waals surface area contributed by atoms with Crippen molar-refractivity contribution >= 4 is 60.1 Å². The van der Waals surface area contributed by atoms with E-state index in [0.717, 1.165) is 9.17 Å². The first-order valence-electron chi connectivity index (χ1n) is 10.6. The summed E-state index contributed by atoms with van der Waals surface area (Å²) in [5.74, 6) is -0.988. The molecule has 4 aromatic rings. The van der Waals surface area contributed by atoms with E-state index in [1.165, 1.54) is 16.2 Å². The van der Waals surface area contributed by atoms with Gasteiger partial charge in [-0.15, -0.1) is 0 Å². The summed E-state index contributed by atoms with van der Waals surface area (Å²) in [7, 11) is 0. The first-order valence-corrected chi connectivity index (χ1v) is 12.2. The molecule has 1 atom stereocenters. The van der Waals surface area contributed by atoms with Crippen LogP contribution in [0.15, 0.2) is 82.8 Å². The Morgan fingerprint density at radius 3 is 2.62 bits per heavy atom. The minimum atomic E-state index is -0.829. The summed E-state index contributed by atoms with van der Waals surface area (Å²) < 4.78 is 7.21. The Morgan fingerprint density at radius 1 is 1.09 bits per heavy atom. The third kappa shape index (κ3) is 3.89. The van der Waals surface area contributed by atoms with Crippen LogP contribution in [0.25, 0.3) is 16.0 Å². The number of halogens is 1. The second-order valence-corrected chi connectivity index (χ2v) is 9.57. The molecule has 170 valence electrons. The van der Waals surface area contributed by atoms with Gasteiger partial charge in [-0.3, -0.25) is 14.5 Å². The van der Waals surface area contributed by atoms with E-state index in [1.807, 2.05) is 55.5 Å². The number of nitrogens with zero attached hydrogens (tertiary/aromatic N) is 2. The maximum absolute atomic E-state index is 13.3. The van der Waals surface area contributed by atoms with Crippen LogP contribution >= 0.6 is 27.3 Å². The second-order valence-electron chi connectivity index (χ2n) is 7.65. The number of ether oxygens (including phenoxy) is 1. The summed E-state index contributed by atoms with van der Waals surface area (Å²) in [6.45, 7) is 2.45. The number of carbonyl (C=O) groups excluding carboxylic acids is 2. The van der Waals surface area contributed by atoms with Gasteiger partial charge >= 0.3 is 5.91 Å². The number of aliphatic hydroxyl groups is 1. The van der Waals surface area contributed by atoms with Gasteiger partial charge in [-0.05, 0) is 42.8 Å². The zero-order valence-corrected chi connectivity index (χ0v) is 20.5. The quantitative estimate of drug-likeness (QED) is 0.190. The van der Waals surface area contributed by atoms with Crippen LogP contribution in [0, 0.1) is 0 Å². The number of carbonyl (C=O) groups is 2. The third-order valence-electron chi connectivity index (χ3n) is 5.52. The molecule has 1 aliphatic rings. The van der Waals surface area contributed by atoms with Crippen molar-refractivity contribution in [2.75, 3.05) is 11.5 Å². The third-order valence-corrected chi connectivity index (χ3v) is 7.03. The van der Waals surface area contributed by atoms with E-state index in [2.05, 4.69) is 20.9 Å². The van der Waals surface area contributed by atoms with Crippen molar-refractivity contribution in [2.45, 2.75) is 13.0 Å². The lowest BCUT2D eigenvalue weighted by molar-refractivity contribution is -0.132. The van der Waals surface area contributed by atoms with E-state index in [4.69, 9.17) is 4.74 Å². The average molecular weight is 535 g/mol. The minimum absolute atomic E-state index is 0.0311. The standard InChI is InChI=1S/C26H19BrN2O4S/c1-2-33-18-11-12-19-20(14-18)34-26(28-19)29-22(16-9-6-10-17(27)13-16)21(24(31)25(29)32)23(30)15-7-4-3-5-8-15/h3-14,22,30H,2H2,1H3. The van der Waals surface area contributed by atoms with Crippen molar-refractivity contribution in [1.29, 1.82) is 0 Å². The Kier molecular flexibility index (Phi) is 5.93. The number of benzene rings is 3. The first-order chi connectivity index (χ1) is 16.5. The molecule has 5 rings (SSSR count). The number of amides is 1. The van der Waals surface area contributed by atoms with Gasteiger partial charge < -0.3 is 9.84 Å². The number of hydrogen-bond acceptors (Lipinski definition) is 6. The van der Waals surface area contributed by atoms with Crippen molar-refractivity contribution in [3.63, 3.8) is 0 Å². The summed E-state index contributed by atoms with van der Waals surface area (Å²) in [6, 6.07) is 20.8. The molecule has 1 saturated heterocycles. The Hall–Kier alpha value is -3.49. The number of rotatable bonds is 5. The summed E-state index contributed by atoms with van der Waals surface area (Å²) in [5.41, 5.74) is 1.87. The van der Waals surface area contributed by atoms with Gasteiger partial charge in [0.05, 0.1) is 28.4 Å². The van der Waals surface area contributed by atoms with Crippen molar-refractivity contribution in [1.82, 2.24) is 4.98 Å². The molecule has 1 unspecified atom stereocenters. The van der Waals surface area contributed by atoms with Gasteiger partial charge in [0.1, 0.15) is 11.5 Å². The largest absolute Gasteiger partial charge is 0.507 e. The Labute approximate surface area is 208 Å². The highest BCUT2D eigenvalue weighted by atomic mass is 79.9. The number of Topliss-reactive ketones (excluding diaryl/α,β-unsaturated/α-hetero) is 1. The van der Waals surface area contributed by atoms with Gasteiger partial charge in [0.15, 0.2) is 5.13 Å². The molecule has 0 saturated carbocycles. The zero-order chi connectivity index (χ0) is 23.8. The van der Waals surface area contributed by atoms with Gasteiger partial charge in [-0.1, -0.05) is 69.7 Å². The SMILES string of the molecule is CCOc1ccc2nc(N3C(=O)C(=O)C(=C(O)c4ccccc4)C3c3cccc(Br)c3)sc2c1. The highest BCUT2D eigenvalue weighted by Crippen LogP contribution is 2.45. The maximum atomic E-state index is 13.3. The molecule has 1 amide bonds. The lowest BCUT2D eigenvalue weighted by atomic mass is 9.95. The fourth-order valence-electron chi connectivity index (χ4n) is 4.03. The lowest BCUT2D eigenvalue weighted by Crippen LogP contribution is -2.29. The van der Waals surface area contributed by atoms with Gasteiger partial charge in [-0.2, -0.15) is 0 Å². The molecule has 8 heteroatoms. The van der Waals surface area contributed by atoms with Crippen LogP contribution in [0.1, 0.15) is 24.1 Å². The Bertz CT molecular complexity index is 1450. The first kappa shape index (κ1) is 22.3. The molecule has 0 radical (unpaired) electrons. The van der Waals surface area contributed by atoms with Crippen LogP contribution in [-0.2, 0) is 9.59 Å². The molecule has 2 heterocycles. The Morgan fingerprint density at radius 2 is 1.88 bits per heavy atom. The Balaban J connectivity index is 1.70. The predicted octanol–water partition coefficient (Wildman–Crippen LogP) is 6.08. The minimum Gasteiger partial charge on any atom is -0.507 e. The number of ketones is 1. The molecule has 1 N–H and O–H groups in total. The number of aliphatic hydroxyl groups excluding tert-OH is 1. The smallest absolute Gasteiger partial charge is 0.301 e. The summed E-state index contributed by atoms with van der Waals surface area (Å²) in [5, 5.41) is 11.5. The second kappa shape index (κ2) is 9.04. The van der Waals surface area contributed by atoms with Crippen molar-refractivity contribution in [3.05, 3.63) is 94.0 Å². The number of fused-ring (bicyclic) bond motifs is 1. The molecule has 0 bridgehead atoms. The van der Waals surface area contributed by atoms with Gasteiger partial charge in [0.25, 0.3) is 5.78 Å². The van der Waals surface area contributed by atoms with Gasteiger partial charge in [-0.25, -0.2) is 4.98 Å². The molecular weight excluding hydrogens is 516 g/mol. The number of hydrogen-bond donors (Lipinski definition) is 1. The van der Waals surface area contributed by atoms with Crippen LogP contribution in [0.4, 0.5) is 5.13 Å². The van der Waals surface area contributed by atoms with E-state index in [-0.39, 0.29) is 11.3 Å². The lowest BCUT2D eigenvalue weighted by Gasteiger charge is -2.23. The molecule has 1 aliphatic heterocycles. The summed E-state index contributed by atoms with van der Waals surface area (Å²) in [4.78, 5) is 32.6. The van der Waals surface area contributed by atoms with Crippen molar-refractivity contribution in [2.24, 2.45) is 0 Å². The van der Waals surface area contributed by atoms with Crippen LogP contribution in [0.2, 0.25) is 0 Å².